The van der Waals surface area contributed by atoms with Crippen molar-refractivity contribution in [1.29, 1.82) is 5.26 Å². The number of nitrogens with one attached hydrogen (secondary N) is 1. The van der Waals surface area contributed by atoms with E-state index in [1.807, 2.05) is 0 Å². The SMILES string of the molecule is Cc1cc(C)cc(N2CC(CC#N)NC(C)(C)C2)c1. The van der Waals surface area contributed by atoms with Gasteiger partial charge >= 0.3 is 0 Å². The second-order valence-electron chi connectivity index (χ2n) is 6.31. The summed E-state index contributed by atoms with van der Waals surface area (Å²) >= 11 is 0. The molecule has 1 N–H and O–H groups in total. The molecule has 1 atom stereocenters. The van der Waals surface area contributed by atoms with Crippen molar-refractivity contribution < 1.29 is 0 Å². The van der Waals surface area contributed by atoms with Crippen LogP contribution in [-0.4, -0.2) is 24.7 Å². The lowest BCUT2D eigenvalue weighted by atomic mass is 9.96. The molecule has 3 nitrogen and oxygen atoms in total. The van der Waals surface area contributed by atoms with Gasteiger partial charge in [-0.05, 0) is 51.0 Å². The van der Waals surface area contributed by atoms with Crippen LogP contribution in [-0.2, 0) is 0 Å². The summed E-state index contributed by atoms with van der Waals surface area (Å²) in [5.74, 6) is 0. The zero-order valence-electron chi connectivity index (χ0n) is 12.3. The summed E-state index contributed by atoms with van der Waals surface area (Å²) in [4.78, 5) is 2.40. The van der Waals surface area contributed by atoms with E-state index in [9.17, 15) is 0 Å². The van der Waals surface area contributed by atoms with Crippen LogP contribution in [0.4, 0.5) is 5.69 Å². The summed E-state index contributed by atoms with van der Waals surface area (Å²) in [5, 5.41) is 12.5. The molecule has 2 rings (SSSR count). The van der Waals surface area contributed by atoms with Crippen molar-refractivity contribution in [2.75, 3.05) is 18.0 Å². The molecule has 0 saturated carbocycles. The van der Waals surface area contributed by atoms with Crippen LogP contribution in [0.5, 0.6) is 0 Å². The van der Waals surface area contributed by atoms with Gasteiger partial charge in [0.1, 0.15) is 0 Å². The summed E-state index contributed by atoms with van der Waals surface area (Å²) in [6.45, 7) is 10.5. The number of hydrogen-bond donors (Lipinski definition) is 1. The van der Waals surface area contributed by atoms with E-state index in [0.717, 1.165) is 13.1 Å². The van der Waals surface area contributed by atoms with Crippen molar-refractivity contribution >= 4 is 5.69 Å². The standard InChI is InChI=1S/C16H23N3/c1-12-7-13(2)9-15(8-12)19-10-14(5-6-17)18-16(3,4)11-19/h7-9,14,18H,5,10-11H2,1-4H3. The highest BCUT2D eigenvalue weighted by Crippen LogP contribution is 2.24. The Balaban J connectivity index is 2.25. The van der Waals surface area contributed by atoms with Gasteiger partial charge in [-0.25, -0.2) is 0 Å². The molecule has 0 aliphatic carbocycles. The van der Waals surface area contributed by atoms with Crippen molar-refractivity contribution in [2.45, 2.75) is 45.7 Å². The maximum atomic E-state index is 8.93. The molecule has 0 spiro atoms. The summed E-state index contributed by atoms with van der Waals surface area (Å²) in [6.07, 6.45) is 0.560. The Morgan fingerprint density at radius 2 is 1.95 bits per heavy atom. The number of nitrogens with zero attached hydrogens (tertiary/aromatic N) is 2. The lowest BCUT2D eigenvalue weighted by Crippen LogP contribution is -2.62. The molecule has 0 radical (unpaired) electrons. The number of nitriles is 1. The second kappa shape index (κ2) is 5.22. The fourth-order valence-electron chi connectivity index (χ4n) is 3.01. The molecule has 19 heavy (non-hydrogen) atoms. The highest BCUT2D eigenvalue weighted by atomic mass is 15.2. The van der Waals surface area contributed by atoms with Crippen molar-refractivity contribution in [3.05, 3.63) is 29.3 Å². The molecule has 1 aliphatic rings. The Kier molecular flexibility index (Phi) is 3.82. The number of rotatable bonds is 2. The fraction of sp³-hybridized carbons (Fsp3) is 0.562. The smallest absolute Gasteiger partial charge is 0.0638 e. The van der Waals surface area contributed by atoms with Gasteiger partial charge in [-0.3, -0.25) is 0 Å². The largest absolute Gasteiger partial charge is 0.368 e. The molecule has 1 aromatic rings. The molecule has 0 amide bonds. The molecular weight excluding hydrogens is 234 g/mol. The highest BCUT2D eigenvalue weighted by molar-refractivity contribution is 5.52. The number of aryl methyl sites for hydroxylation is 2. The number of piperazine rings is 1. The Bertz CT molecular complexity index is 479. The quantitative estimate of drug-likeness (QED) is 0.885. The number of anilines is 1. The molecule has 1 saturated heterocycles. The first-order valence-corrected chi connectivity index (χ1v) is 6.87. The van der Waals surface area contributed by atoms with Crippen LogP contribution in [0.3, 0.4) is 0 Å². The van der Waals surface area contributed by atoms with Crippen molar-refractivity contribution in [2.24, 2.45) is 0 Å². The molecule has 1 unspecified atom stereocenters. The van der Waals surface area contributed by atoms with E-state index in [1.165, 1.54) is 16.8 Å². The van der Waals surface area contributed by atoms with E-state index in [1.54, 1.807) is 0 Å². The van der Waals surface area contributed by atoms with E-state index in [0.29, 0.717) is 6.42 Å². The van der Waals surface area contributed by atoms with Gasteiger partial charge in [-0.2, -0.15) is 5.26 Å². The first-order valence-electron chi connectivity index (χ1n) is 6.87. The predicted octanol–water partition coefficient (Wildman–Crippen LogP) is 2.77. The molecule has 1 aliphatic heterocycles. The molecule has 1 fully saturated rings. The van der Waals surface area contributed by atoms with Crippen LogP contribution < -0.4 is 10.2 Å². The molecule has 0 aromatic heterocycles. The predicted molar refractivity (Wildman–Crippen MR) is 79.4 cm³/mol. The Labute approximate surface area is 116 Å². The normalized spacial score (nSPS) is 22.1. The van der Waals surface area contributed by atoms with Gasteiger partial charge in [-0.15, -0.1) is 0 Å². The van der Waals surface area contributed by atoms with Gasteiger partial charge in [-0.1, -0.05) is 6.07 Å². The lowest BCUT2D eigenvalue weighted by Gasteiger charge is -2.44. The summed E-state index contributed by atoms with van der Waals surface area (Å²) < 4.78 is 0. The summed E-state index contributed by atoms with van der Waals surface area (Å²) in [5.41, 5.74) is 3.90. The molecular formula is C16H23N3. The molecule has 0 bridgehead atoms. The van der Waals surface area contributed by atoms with Crippen molar-refractivity contribution in [1.82, 2.24) is 5.32 Å². The number of benzene rings is 1. The summed E-state index contributed by atoms with van der Waals surface area (Å²) in [6, 6.07) is 9.19. The third-order valence-corrected chi connectivity index (χ3v) is 3.53. The van der Waals surface area contributed by atoms with Crippen molar-refractivity contribution in [3.8, 4) is 6.07 Å². The zero-order chi connectivity index (χ0) is 14.0. The minimum atomic E-state index is 0.0391. The first kappa shape index (κ1) is 13.9. The van der Waals surface area contributed by atoms with Gasteiger partial charge in [0, 0.05) is 30.4 Å². The van der Waals surface area contributed by atoms with Gasteiger partial charge in [0.2, 0.25) is 0 Å². The summed E-state index contributed by atoms with van der Waals surface area (Å²) in [7, 11) is 0. The van der Waals surface area contributed by atoms with E-state index < -0.39 is 0 Å². The van der Waals surface area contributed by atoms with Crippen molar-refractivity contribution in [3.63, 3.8) is 0 Å². The molecule has 3 heteroatoms. The molecule has 102 valence electrons. The maximum Gasteiger partial charge on any atom is 0.0638 e. The van der Waals surface area contributed by atoms with Crippen LogP contribution in [0.2, 0.25) is 0 Å². The minimum Gasteiger partial charge on any atom is -0.368 e. The van der Waals surface area contributed by atoms with Crippen LogP contribution >= 0.6 is 0 Å². The van der Waals surface area contributed by atoms with E-state index in [4.69, 9.17) is 5.26 Å². The average Bonchev–Trinajstić information content (AvgIpc) is 2.25. The van der Waals surface area contributed by atoms with Crippen LogP contribution in [0.15, 0.2) is 18.2 Å². The first-order chi connectivity index (χ1) is 8.89. The monoisotopic (exact) mass is 257 g/mol. The maximum absolute atomic E-state index is 8.93. The molecule has 1 aromatic carbocycles. The second-order valence-corrected chi connectivity index (χ2v) is 6.31. The van der Waals surface area contributed by atoms with Gasteiger partial charge in [0.15, 0.2) is 0 Å². The average molecular weight is 257 g/mol. The third-order valence-electron chi connectivity index (χ3n) is 3.53. The third kappa shape index (κ3) is 3.48. The van der Waals surface area contributed by atoms with Crippen LogP contribution in [0.25, 0.3) is 0 Å². The van der Waals surface area contributed by atoms with Gasteiger partial charge < -0.3 is 10.2 Å². The van der Waals surface area contributed by atoms with E-state index >= 15 is 0 Å². The van der Waals surface area contributed by atoms with Gasteiger partial charge in [0.25, 0.3) is 0 Å². The minimum absolute atomic E-state index is 0.0391. The fourth-order valence-corrected chi connectivity index (χ4v) is 3.01. The Hall–Kier alpha value is -1.53. The Morgan fingerprint density at radius 1 is 1.32 bits per heavy atom. The Morgan fingerprint density at radius 3 is 2.53 bits per heavy atom. The van der Waals surface area contributed by atoms with Crippen LogP contribution in [0.1, 0.15) is 31.4 Å². The highest BCUT2D eigenvalue weighted by Gasteiger charge is 2.31. The zero-order valence-corrected chi connectivity index (χ0v) is 12.3. The van der Waals surface area contributed by atoms with E-state index in [-0.39, 0.29) is 11.6 Å². The topological polar surface area (TPSA) is 39.1 Å². The van der Waals surface area contributed by atoms with Gasteiger partial charge in [0.05, 0.1) is 12.5 Å². The van der Waals surface area contributed by atoms with E-state index in [2.05, 4.69) is 62.2 Å². The lowest BCUT2D eigenvalue weighted by molar-refractivity contribution is 0.291. The number of hydrogen-bond acceptors (Lipinski definition) is 3. The van der Waals surface area contributed by atoms with Crippen LogP contribution in [0, 0.1) is 25.2 Å². The molecule has 1 heterocycles.